The summed E-state index contributed by atoms with van der Waals surface area (Å²) in [5.74, 6) is 1.27. The van der Waals surface area contributed by atoms with Crippen molar-refractivity contribution in [3.05, 3.63) is 12.7 Å². The zero-order valence-corrected chi connectivity index (χ0v) is 13.9. The maximum atomic E-state index is 6.40. The second-order valence-electron chi connectivity index (χ2n) is 7.97. The number of rotatable bonds is 2. The van der Waals surface area contributed by atoms with Gasteiger partial charge in [-0.05, 0) is 50.4 Å². The van der Waals surface area contributed by atoms with E-state index in [4.69, 9.17) is 19.2 Å². The van der Waals surface area contributed by atoms with Crippen LogP contribution in [0.4, 0.5) is 0 Å². The molecule has 1 spiro atoms. The largest absolute Gasteiger partial charge is 0.346 e. The molecule has 0 N–H and O–H groups in total. The average Bonchev–Trinajstić information content (AvgIpc) is 2.71. The molecule has 124 valence electrons. The summed E-state index contributed by atoms with van der Waals surface area (Å²) < 4.78 is 12.7. The van der Waals surface area contributed by atoms with Crippen LogP contribution in [0.2, 0.25) is 0 Å². The number of hydrogen-bond donors (Lipinski definition) is 0. The van der Waals surface area contributed by atoms with Crippen molar-refractivity contribution in [3.8, 4) is 0 Å². The normalized spacial score (nSPS) is 57.0. The second-order valence-corrected chi connectivity index (χ2v) is 7.97. The number of ether oxygens (including phenoxy) is 2. The lowest BCUT2D eigenvalue weighted by molar-refractivity contribution is -0.571. The highest BCUT2D eigenvalue weighted by Gasteiger charge is 2.69. The second kappa shape index (κ2) is 5.04. The van der Waals surface area contributed by atoms with Gasteiger partial charge in [0.15, 0.2) is 11.9 Å². The SMILES string of the molecule is C=CC[C@@H]1O[C@@H]2O[C@@]3(C)CC[C@H]4[C@H](C)CC[C@H]([C@H]1C)[C@@]24OO3. The van der Waals surface area contributed by atoms with Crippen LogP contribution in [-0.2, 0) is 19.2 Å². The molecule has 0 aromatic heterocycles. The Bertz CT molecular complexity index is 466. The van der Waals surface area contributed by atoms with E-state index in [2.05, 4.69) is 20.4 Å². The minimum Gasteiger partial charge on any atom is -0.346 e. The van der Waals surface area contributed by atoms with Gasteiger partial charge in [0, 0.05) is 12.3 Å². The van der Waals surface area contributed by atoms with Crippen molar-refractivity contribution < 1.29 is 19.2 Å². The van der Waals surface area contributed by atoms with Gasteiger partial charge in [-0.3, -0.25) is 0 Å². The van der Waals surface area contributed by atoms with E-state index >= 15 is 0 Å². The highest BCUT2D eigenvalue weighted by molar-refractivity contribution is 5.10. The molecule has 5 fully saturated rings. The van der Waals surface area contributed by atoms with Gasteiger partial charge in [-0.2, -0.15) is 0 Å². The van der Waals surface area contributed by atoms with Gasteiger partial charge in [-0.25, -0.2) is 9.78 Å². The van der Waals surface area contributed by atoms with E-state index in [1.165, 1.54) is 6.42 Å². The van der Waals surface area contributed by atoms with Crippen LogP contribution in [0.15, 0.2) is 12.7 Å². The molecule has 5 rings (SSSR count). The summed E-state index contributed by atoms with van der Waals surface area (Å²) in [7, 11) is 0. The molecule has 1 saturated carbocycles. The zero-order chi connectivity index (χ0) is 15.5. The molecule has 4 heteroatoms. The Kier molecular flexibility index (Phi) is 3.46. The molecule has 0 amide bonds. The summed E-state index contributed by atoms with van der Waals surface area (Å²) in [6.07, 6.45) is 7.06. The van der Waals surface area contributed by atoms with E-state index in [0.29, 0.717) is 23.7 Å². The minimum atomic E-state index is -0.670. The highest BCUT2D eigenvalue weighted by atomic mass is 17.3. The van der Waals surface area contributed by atoms with Crippen molar-refractivity contribution in [2.75, 3.05) is 0 Å². The minimum absolute atomic E-state index is 0.165. The fourth-order valence-electron chi connectivity index (χ4n) is 5.41. The maximum Gasteiger partial charge on any atom is 0.201 e. The molecule has 0 aromatic carbocycles. The Hall–Kier alpha value is -0.420. The molecule has 8 atom stereocenters. The third-order valence-corrected chi connectivity index (χ3v) is 6.69. The van der Waals surface area contributed by atoms with E-state index in [1.54, 1.807) is 0 Å². The summed E-state index contributed by atoms with van der Waals surface area (Å²) in [5.41, 5.74) is -0.426. The van der Waals surface area contributed by atoms with E-state index in [0.717, 1.165) is 25.7 Å². The highest BCUT2D eigenvalue weighted by Crippen LogP contribution is 2.60. The molecule has 4 aliphatic heterocycles. The maximum absolute atomic E-state index is 6.40. The fraction of sp³-hybridized carbons (Fsp3) is 0.889. The molecule has 22 heavy (non-hydrogen) atoms. The fourth-order valence-corrected chi connectivity index (χ4v) is 5.41. The smallest absolute Gasteiger partial charge is 0.201 e. The molecule has 0 radical (unpaired) electrons. The molecule has 0 aromatic rings. The van der Waals surface area contributed by atoms with Crippen LogP contribution in [0.1, 0.15) is 52.9 Å². The van der Waals surface area contributed by atoms with Crippen LogP contribution in [-0.4, -0.2) is 23.8 Å². The van der Waals surface area contributed by atoms with Gasteiger partial charge in [-0.15, -0.1) is 6.58 Å². The summed E-state index contributed by atoms with van der Waals surface area (Å²) in [5, 5.41) is 0. The third-order valence-electron chi connectivity index (χ3n) is 6.69. The van der Waals surface area contributed by atoms with Crippen molar-refractivity contribution in [1.82, 2.24) is 0 Å². The predicted octanol–water partition coefficient (Wildman–Crippen LogP) is 3.81. The van der Waals surface area contributed by atoms with Crippen molar-refractivity contribution in [2.45, 2.75) is 76.7 Å². The third kappa shape index (κ3) is 1.90. The van der Waals surface area contributed by atoms with Crippen LogP contribution in [0.25, 0.3) is 0 Å². The van der Waals surface area contributed by atoms with Gasteiger partial charge in [0.2, 0.25) is 5.79 Å². The number of fused-ring (bicyclic) bond motifs is 2. The predicted molar refractivity (Wildman–Crippen MR) is 81.6 cm³/mol. The molecular formula is C18H28O4. The zero-order valence-electron chi connectivity index (χ0n) is 13.9. The number of hydrogen-bond acceptors (Lipinski definition) is 4. The Morgan fingerprint density at radius 2 is 1.95 bits per heavy atom. The molecule has 1 aliphatic carbocycles. The van der Waals surface area contributed by atoms with Gasteiger partial charge < -0.3 is 9.47 Å². The van der Waals surface area contributed by atoms with Crippen molar-refractivity contribution in [3.63, 3.8) is 0 Å². The summed E-state index contributed by atoms with van der Waals surface area (Å²) in [4.78, 5) is 11.9. The van der Waals surface area contributed by atoms with E-state index in [-0.39, 0.29) is 12.4 Å². The first-order valence-electron chi connectivity index (χ1n) is 8.81. The molecule has 4 saturated heterocycles. The Balaban J connectivity index is 1.77. The van der Waals surface area contributed by atoms with Crippen LogP contribution in [0.3, 0.4) is 0 Å². The standard InChI is InChI=1S/C18H28O4/c1-5-6-15-12(3)14-8-7-11(2)13-9-10-17(4)20-16(19-15)18(13,14)22-21-17/h5,11-16H,1,6-10H2,2-4H3/t11-,12-,13+,14-,15+,16-,17-,18-/m1/s1. The van der Waals surface area contributed by atoms with Gasteiger partial charge in [0.1, 0.15) is 0 Å². The quantitative estimate of drug-likeness (QED) is 0.574. The lowest BCUT2D eigenvalue weighted by atomic mass is 9.57. The van der Waals surface area contributed by atoms with Gasteiger partial charge in [-0.1, -0.05) is 19.9 Å². The lowest BCUT2D eigenvalue weighted by Gasteiger charge is -2.60. The Morgan fingerprint density at radius 3 is 2.73 bits per heavy atom. The first kappa shape index (κ1) is 15.1. The monoisotopic (exact) mass is 308 g/mol. The van der Waals surface area contributed by atoms with E-state index in [9.17, 15) is 0 Å². The Labute approximate surface area is 133 Å². The average molecular weight is 308 g/mol. The summed E-state index contributed by atoms with van der Waals surface area (Å²) >= 11 is 0. The van der Waals surface area contributed by atoms with Crippen molar-refractivity contribution in [2.24, 2.45) is 23.7 Å². The van der Waals surface area contributed by atoms with Gasteiger partial charge >= 0.3 is 0 Å². The Morgan fingerprint density at radius 1 is 1.14 bits per heavy atom. The lowest BCUT2D eigenvalue weighted by Crippen LogP contribution is -2.70. The van der Waals surface area contributed by atoms with E-state index < -0.39 is 11.4 Å². The summed E-state index contributed by atoms with van der Waals surface area (Å²) in [6.45, 7) is 10.5. The van der Waals surface area contributed by atoms with Crippen LogP contribution in [0.5, 0.6) is 0 Å². The van der Waals surface area contributed by atoms with E-state index in [1.807, 2.05) is 13.0 Å². The molecule has 2 bridgehead atoms. The molecule has 5 aliphatic rings. The summed E-state index contributed by atoms with van der Waals surface area (Å²) in [6, 6.07) is 0. The van der Waals surface area contributed by atoms with Gasteiger partial charge in [0.25, 0.3) is 0 Å². The topological polar surface area (TPSA) is 36.9 Å². The molecule has 0 unspecified atom stereocenters. The van der Waals surface area contributed by atoms with Crippen LogP contribution >= 0.6 is 0 Å². The molecule has 4 heterocycles. The molecular weight excluding hydrogens is 280 g/mol. The van der Waals surface area contributed by atoms with Crippen molar-refractivity contribution in [1.29, 1.82) is 0 Å². The van der Waals surface area contributed by atoms with Crippen molar-refractivity contribution >= 4 is 0 Å². The molecule has 4 nitrogen and oxygen atoms in total. The van der Waals surface area contributed by atoms with Crippen LogP contribution < -0.4 is 0 Å². The first-order valence-corrected chi connectivity index (χ1v) is 8.81. The van der Waals surface area contributed by atoms with Gasteiger partial charge in [0.05, 0.1) is 6.10 Å². The first-order chi connectivity index (χ1) is 10.5. The van der Waals surface area contributed by atoms with Crippen LogP contribution in [0, 0.1) is 23.7 Å².